The Bertz CT molecular complexity index is 1540. The lowest BCUT2D eigenvalue weighted by molar-refractivity contribution is -0.605. The summed E-state index contributed by atoms with van der Waals surface area (Å²) in [7, 11) is 0. The van der Waals surface area contributed by atoms with Crippen LogP contribution >= 0.6 is 35.0 Å². The van der Waals surface area contributed by atoms with Gasteiger partial charge in [0.05, 0.1) is 6.61 Å². The molecule has 44 heavy (non-hydrogen) atoms. The van der Waals surface area contributed by atoms with Gasteiger partial charge in [-0.25, -0.2) is 4.79 Å². The molecule has 2 aromatic carbocycles. The van der Waals surface area contributed by atoms with Gasteiger partial charge in [0.1, 0.15) is 22.4 Å². The average Bonchev–Trinajstić information content (AvgIpc) is 3.69. The number of esters is 1. The van der Waals surface area contributed by atoms with E-state index in [2.05, 4.69) is 4.74 Å². The van der Waals surface area contributed by atoms with Crippen LogP contribution in [0.15, 0.2) is 54.9 Å². The molecule has 1 aliphatic heterocycles. The first-order valence-corrected chi connectivity index (χ1v) is 15.4. The standard InChI is InChI=1S/C30H26Cl2F2N2O7S/c31-22-13-35(40)14-23(32)21(22)12-25(19-6-7-24(43-30(33)34)26(11-19)41-16-17-4-5-17)42-29(39)28-36(8-9-44-28)27(38)20-3-1-2-18(10-20)15-37/h1-3,6-7,10-11,13-15,17,25,28,30H,4-5,8-9,12,16H2/t25-,28?/m0/s1. The van der Waals surface area contributed by atoms with Crippen molar-refractivity contribution in [2.45, 2.75) is 37.4 Å². The van der Waals surface area contributed by atoms with Crippen molar-refractivity contribution >= 4 is 53.1 Å². The fourth-order valence-corrected chi connectivity index (χ4v) is 6.34. The van der Waals surface area contributed by atoms with E-state index in [9.17, 15) is 28.4 Å². The van der Waals surface area contributed by atoms with Gasteiger partial charge in [-0.15, -0.1) is 11.8 Å². The van der Waals surface area contributed by atoms with E-state index in [1.54, 1.807) is 18.2 Å². The van der Waals surface area contributed by atoms with Crippen molar-refractivity contribution in [3.63, 3.8) is 0 Å². The van der Waals surface area contributed by atoms with Crippen molar-refractivity contribution in [1.82, 2.24) is 4.90 Å². The fourth-order valence-electron chi connectivity index (χ4n) is 4.64. The largest absolute Gasteiger partial charge is 0.619 e. The highest BCUT2D eigenvalue weighted by atomic mass is 35.5. The maximum Gasteiger partial charge on any atom is 0.387 e. The lowest BCUT2D eigenvalue weighted by Crippen LogP contribution is -2.40. The van der Waals surface area contributed by atoms with E-state index in [0.717, 1.165) is 25.2 Å². The number of amides is 1. The monoisotopic (exact) mass is 666 g/mol. The molecule has 3 aromatic rings. The van der Waals surface area contributed by atoms with Crippen molar-refractivity contribution < 1.29 is 42.1 Å². The Morgan fingerprint density at radius 2 is 1.86 bits per heavy atom. The molecule has 0 N–H and O–H groups in total. The lowest BCUT2D eigenvalue weighted by atomic mass is 10.0. The molecule has 2 atom stereocenters. The smallest absolute Gasteiger partial charge is 0.387 e. The molecule has 1 aromatic heterocycles. The van der Waals surface area contributed by atoms with E-state index in [1.807, 2.05) is 0 Å². The summed E-state index contributed by atoms with van der Waals surface area (Å²) in [4.78, 5) is 39.6. The Labute approximate surface area is 265 Å². The van der Waals surface area contributed by atoms with Crippen molar-refractivity contribution in [1.29, 1.82) is 0 Å². The maximum atomic E-state index is 13.7. The molecular formula is C30H26Cl2F2N2O7S. The first kappa shape index (κ1) is 31.8. The van der Waals surface area contributed by atoms with E-state index in [4.69, 9.17) is 32.7 Å². The molecule has 1 aliphatic carbocycles. The molecule has 232 valence electrons. The van der Waals surface area contributed by atoms with Gasteiger partial charge in [-0.2, -0.15) is 13.5 Å². The van der Waals surface area contributed by atoms with Crippen LogP contribution in [0, 0.1) is 11.1 Å². The van der Waals surface area contributed by atoms with Gasteiger partial charge in [0.2, 0.25) is 0 Å². The van der Waals surface area contributed by atoms with Gasteiger partial charge in [0.25, 0.3) is 5.91 Å². The molecule has 14 heteroatoms. The number of benzene rings is 2. The zero-order chi connectivity index (χ0) is 31.4. The second-order valence-corrected chi connectivity index (χ2v) is 12.2. The van der Waals surface area contributed by atoms with Crippen LogP contribution in [0.2, 0.25) is 10.0 Å². The van der Waals surface area contributed by atoms with Crippen LogP contribution in [0.1, 0.15) is 50.8 Å². The summed E-state index contributed by atoms with van der Waals surface area (Å²) in [6.07, 6.45) is 3.58. The number of halogens is 4. The van der Waals surface area contributed by atoms with Gasteiger partial charge in [0, 0.05) is 35.4 Å². The second kappa shape index (κ2) is 14.0. The molecule has 0 radical (unpaired) electrons. The summed E-state index contributed by atoms with van der Waals surface area (Å²) in [6.45, 7) is -2.53. The molecule has 1 saturated heterocycles. The van der Waals surface area contributed by atoms with Crippen LogP contribution in [-0.2, 0) is 16.0 Å². The minimum atomic E-state index is -3.09. The number of aldehydes is 1. The first-order valence-electron chi connectivity index (χ1n) is 13.6. The molecule has 9 nitrogen and oxygen atoms in total. The van der Waals surface area contributed by atoms with E-state index >= 15 is 0 Å². The molecule has 2 heterocycles. The van der Waals surface area contributed by atoms with Gasteiger partial charge in [-0.3, -0.25) is 9.59 Å². The van der Waals surface area contributed by atoms with E-state index in [1.165, 1.54) is 40.9 Å². The van der Waals surface area contributed by atoms with Crippen LogP contribution in [0.3, 0.4) is 0 Å². The second-order valence-electron chi connectivity index (χ2n) is 10.2. The number of aromatic nitrogens is 1. The van der Waals surface area contributed by atoms with E-state index in [0.29, 0.717) is 46.0 Å². The molecule has 1 amide bonds. The minimum Gasteiger partial charge on any atom is -0.619 e. The lowest BCUT2D eigenvalue weighted by Gasteiger charge is -2.26. The highest BCUT2D eigenvalue weighted by molar-refractivity contribution is 8.00. The predicted octanol–water partition coefficient (Wildman–Crippen LogP) is 5.87. The van der Waals surface area contributed by atoms with Crippen molar-refractivity contribution in [3.8, 4) is 11.5 Å². The number of pyridine rings is 1. The normalized spacial score (nSPS) is 16.9. The summed E-state index contributed by atoms with van der Waals surface area (Å²) >= 11 is 13.9. The Balaban J connectivity index is 1.45. The summed E-state index contributed by atoms with van der Waals surface area (Å²) in [5, 5.41) is 10.9. The zero-order valence-corrected chi connectivity index (χ0v) is 25.3. The van der Waals surface area contributed by atoms with Crippen molar-refractivity contribution in [2.24, 2.45) is 5.92 Å². The summed E-state index contributed by atoms with van der Waals surface area (Å²) < 4.78 is 43.2. The van der Waals surface area contributed by atoms with E-state index < -0.39 is 30.0 Å². The third kappa shape index (κ3) is 7.72. The number of hydrogen-bond donors (Lipinski definition) is 0. The average molecular weight is 668 g/mol. The minimum absolute atomic E-state index is 0.0264. The highest BCUT2D eigenvalue weighted by Crippen LogP contribution is 2.38. The SMILES string of the molecule is O=Cc1cccc(C(=O)N2CCSC2C(=O)O[C@@H](Cc2c(Cl)c[n+]([O-])cc2Cl)c2ccc(OC(F)F)c(OCC3CC3)c2)c1. The summed E-state index contributed by atoms with van der Waals surface area (Å²) in [5.41, 5.74) is 1.23. The molecular weight excluding hydrogens is 641 g/mol. The van der Waals surface area contributed by atoms with Crippen LogP contribution in [0.4, 0.5) is 8.78 Å². The number of rotatable bonds is 12. The van der Waals surface area contributed by atoms with Crippen LogP contribution in [-0.4, -0.2) is 54.0 Å². The number of alkyl halides is 2. The van der Waals surface area contributed by atoms with Gasteiger partial charge in [-0.05, 0) is 48.6 Å². The molecule has 0 spiro atoms. The van der Waals surface area contributed by atoms with Gasteiger partial charge in [0.15, 0.2) is 29.3 Å². The molecule has 1 unspecified atom stereocenters. The topological polar surface area (TPSA) is 109 Å². The number of hydrogen-bond acceptors (Lipinski definition) is 8. The molecule has 2 aliphatic rings. The third-order valence-electron chi connectivity index (χ3n) is 7.06. The third-order valence-corrected chi connectivity index (χ3v) is 8.89. The van der Waals surface area contributed by atoms with Gasteiger partial charge in [-0.1, -0.05) is 41.4 Å². The van der Waals surface area contributed by atoms with Gasteiger partial charge < -0.3 is 24.3 Å². The van der Waals surface area contributed by atoms with Crippen LogP contribution in [0.25, 0.3) is 0 Å². The van der Waals surface area contributed by atoms with E-state index in [-0.39, 0.29) is 40.1 Å². The fraction of sp³-hybridized carbons (Fsp3) is 0.333. The van der Waals surface area contributed by atoms with Crippen molar-refractivity contribution in [3.05, 3.63) is 92.4 Å². The number of thioether (sulfide) groups is 1. The quantitative estimate of drug-likeness (QED) is 0.102. The van der Waals surface area contributed by atoms with Crippen LogP contribution < -0.4 is 14.2 Å². The number of nitrogens with zero attached hydrogens (tertiary/aromatic N) is 2. The Hall–Kier alpha value is -3.61. The number of carbonyl (C=O) groups is 3. The molecule has 5 rings (SSSR count). The zero-order valence-electron chi connectivity index (χ0n) is 23.0. The maximum absolute atomic E-state index is 13.7. The van der Waals surface area contributed by atoms with Gasteiger partial charge >= 0.3 is 12.6 Å². The summed E-state index contributed by atoms with van der Waals surface area (Å²) in [6, 6.07) is 10.3. The predicted molar refractivity (Wildman–Crippen MR) is 158 cm³/mol. The summed E-state index contributed by atoms with van der Waals surface area (Å²) in [5.74, 6) is -0.563. The van der Waals surface area contributed by atoms with Crippen LogP contribution in [0.5, 0.6) is 11.5 Å². The number of ether oxygens (including phenoxy) is 3. The highest BCUT2D eigenvalue weighted by Gasteiger charge is 2.38. The Morgan fingerprint density at radius 3 is 2.55 bits per heavy atom. The molecule has 1 saturated carbocycles. The van der Waals surface area contributed by atoms with Crippen molar-refractivity contribution in [2.75, 3.05) is 18.9 Å². The molecule has 2 fully saturated rings. The Morgan fingerprint density at radius 1 is 1.11 bits per heavy atom. The Kier molecular flexibility index (Phi) is 10.1. The first-order chi connectivity index (χ1) is 21.1. The number of carbonyl (C=O) groups excluding carboxylic acids is 3. The molecule has 0 bridgehead atoms.